The number of ether oxygens (including phenoxy) is 1. The van der Waals surface area contributed by atoms with Crippen molar-refractivity contribution >= 4 is 23.8 Å². The lowest BCUT2D eigenvalue weighted by atomic mass is 10.1. The van der Waals surface area contributed by atoms with Crippen molar-refractivity contribution in [2.24, 2.45) is 0 Å². The fraction of sp³-hybridized carbons (Fsp3) is 0.625. The standard InChI is InChI=1S/C16H25N3O5/c1-17(11-12-18(2)16(23)24-3)13(20)7-5-4-6-10-19-14(21)8-9-15(19)22/h8-9H,4-7,10-12H2,1-3H3. The van der Waals surface area contributed by atoms with Crippen LogP contribution in [0.4, 0.5) is 4.79 Å². The molecule has 0 atom stereocenters. The summed E-state index contributed by atoms with van der Waals surface area (Å²) in [6.45, 7) is 1.23. The Hall–Kier alpha value is -2.38. The van der Waals surface area contributed by atoms with Gasteiger partial charge in [0.1, 0.15) is 0 Å². The molecule has 0 saturated heterocycles. The molecule has 0 N–H and O–H groups in total. The number of imide groups is 1. The maximum Gasteiger partial charge on any atom is 0.409 e. The number of hydrogen-bond acceptors (Lipinski definition) is 5. The van der Waals surface area contributed by atoms with Crippen LogP contribution >= 0.6 is 0 Å². The van der Waals surface area contributed by atoms with Crippen LogP contribution in [-0.2, 0) is 19.1 Å². The zero-order chi connectivity index (χ0) is 18.1. The lowest BCUT2D eigenvalue weighted by molar-refractivity contribution is -0.137. The maximum atomic E-state index is 12.0. The third-order valence-corrected chi connectivity index (χ3v) is 3.86. The van der Waals surface area contributed by atoms with Crippen molar-refractivity contribution in [1.82, 2.24) is 14.7 Å². The van der Waals surface area contributed by atoms with Gasteiger partial charge in [0.25, 0.3) is 11.8 Å². The summed E-state index contributed by atoms with van der Waals surface area (Å²) in [5, 5.41) is 0. The number of methoxy groups -OCH3 is 1. The Kier molecular flexibility index (Phi) is 7.94. The van der Waals surface area contributed by atoms with E-state index in [1.54, 1.807) is 19.0 Å². The van der Waals surface area contributed by atoms with Crippen molar-refractivity contribution in [2.45, 2.75) is 25.7 Å². The molecule has 8 nitrogen and oxygen atoms in total. The Balaban J connectivity index is 2.13. The van der Waals surface area contributed by atoms with E-state index in [9.17, 15) is 19.2 Å². The smallest absolute Gasteiger partial charge is 0.409 e. The van der Waals surface area contributed by atoms with E-state index in [2.05, 4.69) is 4.74 Å². The second kappa shape index (κ2) is 9.69. The zero-order valence-electron chi connectivity index (χ0n) is 14.5. The van der Waals surface area contributed by atoms with E-state index < -0.39 is 6.09 Å². The van der Waals surface area contributed by atoms with Crippen molar-refractivity contribution in [3.8, 4) is 0 Å². The molecule has 1 heterocycles. The molecule has 0 aliphatic carbocycles. The number of rotatable bonds is 9. The molecule has 0 spiro atoms. The van der Waals surface area contributed by atoms with Crippen molar-refractivity contribution in [3.63, 3.8) is 0 Å². The highest BCUT2D eigenvalue weighted by Gasteiger charge is 2.22. The number of nitrogens with zero attached hydrogens (tertiary/aromatic N) is 3. The summed E-state index contributed by atoms with van der Waals surface area (Å²) in [5.41, 5.74) is 0. The van der Waals surface area contributed by atoms with Crippen LogP contribution in [0, 0.1) is 0 Å². The van der Waals surface area contributed by atoms with Crippen LogP contribution in [0.2, 0.25) is 0 Å². The van der Waals surface area contributed by atoms with Gasteiger partial charge in [0.2, 0.25) is 5.91 Å². The first-order valence-electron chi connectivity index (χ1n) is 7.93. The van der Waals surface area contributed by atoms with Crippen molar-refractivity contribution in [3.05, 3.63) is 12.2 Å². The van der Waals surface area contributed by atoms with Crippen LogP contribution in [0.5, 0.6) is 0 Å². The minimum Gasteiger partial charge on any atom is -0.453 e. The van der Waals surface area contributed by atoms with Crippen LogP contribution < -0.4 is 0 Å². The van der Waals surface area contributed by atoms with Crippen LogP contribution in [0.1, 0.15) is 25.7 Å². The van der Waals surface area contributed by atoms with Gasteiger partial charge in [0.15, 0.2) is 0 Å². The fourth-order valence-corrected chi connectivity index (χ4v) is 2.24. The SMILES string of the molecule is COC(=O)N(C)CCN(C)C(=O)CCCCCN1C(=O)C=CC1=O. The highest BCUT2D eigenvalue weighted by atomic mass is 16.5. The van der Waals surface area contributed by atoms with Crippen LogP contribution in [0.3, 0.4) is 0 Å². The van der Waals surface area contributed by atoms with Gasteiger partial charge in [0, 0.05) is 52.3 Å². The Morgan fingerprint density at radius 1 is 1.00 bits per heavy atom. The van der Waals surface area contributed by atoms with Gasteiger partial charge in [-0.1, -0.05) is 6.42 Å². The summed E-state index contributed by atoms with van der Waals surface area (Å²) in [5.74, 6) is -0.542. The topological polar surface area (TPSA) is 87.2 Å². The number of carbonyl (C=O) groups is 4. The first kappa shape index (κ1) is 19.7. The molecule has 0 radical (unpaired) electrons. The first-order chi connectivity index (χ1) is 11.4. The van der Waals surface area contributed by atoms with Gasteiger partial charge in [-0.2, -0.15) is 0 Å². The molecule has 0 aromatic carbocycles. The Bertz CT molecular complexity index is 500. The van der Waals surface area contributed by atoms with Gasteiger partial charge < -0.3 is 14.5 Å². The lowest BCUT2D eigenvalue weighted by Gasteiger charge is -2.21. The highest BCUT2D eigenvalue weighted by Crippen LogP contribution is 2.08. The van der Waals surface area contributed by atoms with Gasteiger partial charge in [-0.3, -0.25) is 19.3 Å². The molecule has 1 rings (SSSR count). The molecule has 0 bridgehead atoms. The minimum atomic E-state index is -0.434. The lowest BCUT2D eigenvalue weighted by Crippen LogP contribution is -2.37. The predicted octanol–water partition coefficient (Wildman–Crippen LogP) is 0.628. The summed E-state index contributed by atoms with van der Waals surface area (Å²) in [7, 11) is 4.62. The van der Waals surface area contributed by atoms with E-state index in [0.717, 1.165) is 6.42 Å². The summed E-state index contributed by atoms with van der Waals surface area (Å²) < 4.78 is 4.58. The fourth-order valence-electron chi connectivity index (χ4n) is 2.24. The first-order valence-corrected chi connectivity index (χ1v) is 7.93. The molecule has 24 heavy (non-hydrogen) atoms. The van der Waals surface area contributed by atoms with Gasteiger partial charge in [-0.05, 0) is 12.8 Å². The van der Waals surface area contributed by atoms with E-state index in [-0.39, 0.29) is 17.7 Å². The van der Waals surface area contributed by atoms with E-state index in [1.165, 1.54) is 29.1 Å². The second-order valence-corrected chi connectivity index (χ2v) is 5.68. The molecule has 134 valence electrons. The molecule has 8 heteroatoms. The van der Waals surface area contributed by atoms with E-state index >= 15 is 0 Å². The third-order valence-electron chi connectivity index (χ3n) is 3.86. The molecule has 0 aromatic rings. The van der Waals surface area contributed by atoms with Gasteiger partial charge in [-0.25, -0.2) is 4.79 Å². The zero-order valence-corrected chi connectivity index (χ0v) is 14.5. The molecule has 1 aliphatic heterocycles. The monoisotopic (exact) mass is 339 g/mol. The van der Waals surface area contributed by atoms with E-state index in [4.69, 9.17) is 0 Å². The third kappa shape index (κ3) is 6.02. The van der Waals surface area contributed by atoms with Crippen molar-refractivity contribution < 1.29 is 23.9 Å². The average molecular weight is 339 g/mol. The molecule has 4 amide bonds. The Morgan fingerprint density at radius 3 is 2.17 bits per heavy atom. The van der Waals surface area contributed by atoms with Crippen molar-refractivity contribution in [1.29, 1.82) is 0 Å². The Morgan fingerprint density at radius 2 is 1.58 bits per heavy atom. The average Bonchev–Trinajstić information content (AvgIpc) is 2.89. The van der Waals surface area contributed by atoms with Crippen LogP contribution in [0.15, 0.2) is 12.2 Å². The minimum absolute atomic E-state index is 0.00302. The molecule has 1 aliphatic rings. The number of unbranched alkanes of at least 4 members (excludes halogenated alkanes) is 2. The van der Waals surface area contributed by atoms with E-state index in [1.807, 2.05) is 0 Å². The summed E-state index contributed by atoms with van der Waals surface area (Å²) in [6.07, 6.45) is 4.65. The normalized spacial score (nSPS) is 13.4. The summed E-state index contributed by atoms with van der Waals surface area (Å²) in [6, 6.07) is 0. The van der Waals surface area contributed by atoms with Gasteiger partial charge >= 0.3 is 6.09 Å². The van der Waals surface area contributed by atoms with Crippen LogP contribution in [-0.4, -0.2) is 79.4 Å². The molecule has 0 fully saturated rings. The highest BCUT2D eigenvalue weighted by molar-refractivity contribution is 6.12. The number of carbonyl (C=O) groups excluding carboxylic acids is 4. The molecule has 0 saturated carbocycles. The second-order valence-electron chi connectivity index (χ2n) is 5.68. The summed E-state index contributed by atoms with van der Waals surface area (Å²) >= 11 is 0. The van der Waals surface area contributed by atoms with Gasteiger partial charge in [0.05, 0.1) is 7.11 Å². The Labute approximate surface area is 142 Å². The molecular weight excluding hydrogens is 314 g/mol. The maximum absolute atomic E-state index is 12.0. The molecule has 0 unspecified atom stereocenters. The quantitative estimate of drug-likeness (QED) is 0.454. The van der Waals surface area contributed by atoms with Crippen LogP contribution in [0.25, 0.3) is 0 Å². The molecule has 0 aromatic heterocycles. The number of likely N-dealkylation sites (N-methyl/N-ethyl adjacent to an activating group) is 2. The van der Waals surface area contributed by atoms with E-state index in [0.29, 0.717) is 38.9 Å². The number of amides is 4. The predicted molar refractivity (Wildman–Crippen MR) is 87.0 cm³/mol. The summed E-state index contributed by atoms with van der Waals surface area (Å²) in [4.78, 5) is 50.1. The molecular formula is C16H25N3O5. The number of hydrogen-bond donors (Lipinski definition) is 0. The van der Waals surface area contributed by atoms with Crippen molar-refractivity contribution in [2.75, 3.05) is 40.8 Å². The largest absolute Gasteiger partial charge is 0.453 e. The van der Waals surface area contributed by atoms with Gasteiger partial charge in [-0.15, -0.1) is 0 Å².